The molecule has 10 heteroatoms. The van der Waals surface area contributed by atoms with Crippen LogP contribution in [0.25, 0.3) is 5.69 Å². The van der Waals surface area contributed by atoms with Crippen LogP contribution < -0.4 is 10.0 Å². The molecule has 0 fully saturated rings. The summed E-state index contributed by atoms with van der Waals surface area (Å²) in [7, 11) is -3.83. The zero-order valence-electron chi connectivity index (χ0n) is 12.1. The number of nitrogens with one attached hydrogen (secondary N) is 2. The third-order valence-electron chi connectivity index (χ3n) is 2.82. The summed E-state index contributed by atoms with van der Waals surface area (Å²) in [6.45, 7) is 3.67. The molecule has 1 heterocycles. The number of likely N-dealkylation sites (N-methyl/N-ethyl adjacent to an activating group) is 1. The Kier molecular flexibility index (Phi) is 4.83. The van der Waals surface area contributed by atoms with E-state index in [1.54, 1.807) is 19.1 Å². The average molecular weight is 324 g/mol. The quantitative estimate of drug-likeness (QED) is 0.737. The Hall–Kier alpha value is -2.33. The molecule has 1 aromatic heterocycles. The predicted octanol–water partition coefficient (Wildman–Crippen LogP) is -0.535. The second kappa shape index (κ2) is 6.62. The first-order chi connectivity index (χ1) is 10.4. The fourth-order valence-electron chi connectivity index (χ4n) is 1.75. The van der Waals surface area contributed by atoms with Crippen LogP contribution in [0.15, 0.2) is 35.5 Å². The number of benzene rings is 1. The van der Waals surface area contributed by atoms with Crippen LogP contribution in [0, 0.1) is 0 Å². The van der Waals surface area contributed by atoms with Crippen LogP contribution in [0.1, 0.15) is 13.8 Å². The third-order valence-corrected chi connectivity index (χ3v) is 4.36. The average Bonchev–Trinajstić information content (AvgIpc) is 3.01. The Morgan fingerprint density at radius 1 is 1.41 bits per heavy atom. The number of amides is 1. The van der Waals surface area contributed by atoms with Gasteiger partial charge in [0, 0.05) is 6.54 Å². The second-order valence-corrected chi connectivity index (χ2v) is 6.20. The molecule has 0 aliphatic carbocycles. The largest absolute Gasteiger partial charge is 0.355 e. The van der Waals surface area contributed by atoms with Gasteiger partial charge in [-0.1, -0.05) is 6.07 Å². The number of carbonyl (C=O) groups is 1. The molecule has 0 aliphatic heterocycles. The highest BCUT2D eigenvalue weighted by Crippen LogP contribution is 2.14. The van der Waals surface area contributed by atoms with E-state index in [9.17, 15) is 13.2 Å². The Labute approximate surface area is 127 Å². The van der Waals surface area contributed by atoms with E-state index in [0.29, 0.717) is 12.2 Å². The normalized spacial score (nSPS) is 12.8. The van der Waals surface area contributed by atoms with Crippen molar-refractivity contribution in [1.29, 1.82) is 0 Å². The van der Waals surface area contributed by atoms with Gasteiger partial charge >= 0.3 is 0 Å². The molecule has 9 nitrogen and oxygen atoms in total. The highest BCUT2D eigenvalue weighted by molar-refractivity contribution is 7.89. The zero-order valence-corrected chi connectivity index (χ0v) is 12.9. The van der Waals surface area contributed by atoms with Gasteiger partial charge in [0.2, 0.25) is 15.9 Å². The molecule has 2 N–H and O–H groups in total. The first-order valence-corrected chi connectivity index (χ1v) is 8.06. The van der Waals surface area contributed by atoms with Gasteiger partial charge in [-0.3, -0.25) is 4.79 Å². The number of carbonyl (C=O) groups excluding carboxylic acids is 1. The van der Waals surface area contributed by atoms with Gasteiger partial charge in [0.1, 0.15) is 6.33 Å². The molecule has 118 valence electrons. The molecule has 1 aromatic carbocycles. The molecule has 0 bridgehead atoms. The van der Waals surface area contributed by atoms with Crippen molar-refractivity contribution < 1.29 is 13.2 Å². The van der Waals surface area contributed by atoms with Crippen LogP contribution in [0.5, 0.6) is 0 Å². The first kappa shape index (κ1) is 16.0. The molecule has 1 atom stereocenters. The predicted molar refractivity (Wildman–Crippen MR) is 77.6 cm³/mol. The van der Waals surface area contributed by atoms with Gasteiger partial charge in [0.05, 0.1) is 16.6 Å². The SMILES string of the molecule is CCNC(=O)[C@H](C)NS(=O)(=O)c1cccc(-n2cnnn2)c1. The van der Waals surface area contributed by atoms with Crippen molar-refractivity contribution in [3.63, 3.8) is 0 Å². The van der Waals surface area contributed by atoms with Crippen LogP contribution in [-0.2, 0) is 14.8 Å². The minimum absolute atomic E-state index is 0.0247. The van der Waals surface area contributed by atoms with Crippen molar-refractivity contribution in [2.75, 3.05) is 6.54 Å². The summed E-state index contributed by atoms with van der Waals surface area (Å²) >= 11 is 0. The van der Waals surface area contributed by atoms with E-state index in [1.165, 1.54) is 30.1 Å². The van der Waals surface area contributed by atoms with Gasteiger partial charge in [0.15, 0.2) is 0 Å². The fourth-order valence-corrected chi connectivity index (χ4v) is 3.00. The molecule has 0 saturated carbocycles. The van der Waals surface area contributed by atoms with E-state index in [-0.39, 0.29) is 10.8 Å². The summed E-state index contributed by atoms with van der Waals surface area (Å²) in [4.78, 5) is 11.7. The molecular weight excluding hydrogens is 308 g/mol. The molecule has 1 amide bonds. The Bertz CT molecular complexity index is 744. The number of nitrogens with zero attached hydrogens (tertiary/aromatic N) is 4. The van der Waals surface area contributed by atoms with Gasteiger partial charge in [-0.05, 0) is 42.5 Å². The molecule has 2 aromatic rings. The minimum atomic E-state index is -3.83. The van der Waals surface area contributed by atoms with Gasteiger partial charge in [-0.2, -0.15) is 4.72 Å². The molecule has 0 unspecified atom stereocenters. The van der Waals surface area contributed by atoms with E-state index < -0.39 is 16.1 Å². The second-order valence-electron chi connectivity index (χ2n) is 4.49. The summed E-state index contributed by atoms with van der Waals surface area (Å²) in [6, 6.07) is 5.22. The summed E-state index contributed by atoms with van der Waals surface area (Å²) in [5, 5.41) is 13.2. The molecule has 0 saturated heterocycles. The summed E-state index contributed by atoms with van der Waals surface area (Å²) < 4.78 is 28.3. The number of tetrazole rings is 1. The van der Waals surface area contributed by atoms with Crippen LogP contribution in [0.2, 0.25) is 0 Å². The maximum absolute atomic E-state index is 12.3. The first-order valence-electron chi connectivity index (χ1n) is 6.57. The smallest absolute Gasteiger partial charge is 0.241 e. The van der Waals surface area contributed by atoms with Crippen molar-refractivity contribution in [3.05, 3.63) is 30.6 Å². The number of hydrogen-bond acceptors (Lipinski definition) is 6. The molecule has 0 radical (unpaired) electrons. The molecule has 22 heavy (non-hydrogen) atoms. The highest BCUT2D eigenvalue weighted by Gasteiger charge is 2.22. The van der Waals surface area contributed by atoms with E-state index in [4.69, 9.17) is 0 Å². The molecule has 0 aliphatic rings. The van der Waals surface area contributed by atoms with E-state index in [1.807, 2.05) is 0 Å². The van der Waals surface area contributed by atoms with Crippen molar-refractivity contribution in [2.45, 2.75) is 24.8 Å². The van der Waals surface area contributed by atoms with Crippen LogP contribution >= 0.6 is 0 Å². The highest BCUT2D eigenvalue weighted by atomic mass is 32.2. The summed E-state index contributed by atoms with van der Waals surface area (Å²) in [5.41, 5.74) is 0.499. The van der Waals surface area contributed by atoms with Gasteiger partial charge < -0.3 is 5.32 Å². The lowest BCUT2D eigenvalue weighted by molar-refractivity contribution is -0.122. The van der Waals surface area contributed by atoms with Gasteiger partial charge in [-0.15, -0.1) is 5.10 Å². The Balaban J connectivity index is 2.23. The lowest BCUT2D eigenvalue weighted by atomic mass is 10.3. The monoisotopic (exact) mass is 324 g/mol. The standard InChI is InChI=1S/C12H16N6O3S/c1-3-13-12(19)9(2)15-22(20,21)11-6-4-5-10(7-11)18-8-14-16-17-18/h4-9,15H,3H2,1-2H3,(H,13,19)/t9-/m0/s1. The molecular formula is C12H16N6O3S. The summed E-state index contributed by atoms with van der Waals surface area (Å²) in [5.74, 6) is -0.386. The van der Waals surface area contributed by atoms with Crippen molar-refractivity contribution in [3.8, 4) is 5.69 Å². The minimum Gasteiger partial charge on any atom is -0.355 e. The zero-order chi connectivity index (χ0) is 16.2. The number of aromatic nitrogens is 4. The van der Waals surface area contributed by atoms with Crippen LogP contribution in [-0.4, -0.2) is 47.1 Å². The van der Waals surface area contributed by atoms with E-state index in [2.05, 4.69) is 25.6 Å². The van der Waals surface area contributed by atoms with Crippen LogP contribution in [0.4, 0.5) is 0 Å². The van der Waals surface area contributed by atoms with E-state index in [0.717, 1.165) is 0 Å². The molecule has 2 rings (SSSR count). The topological polar surface area (TPSA) is 119 Å². The fraction of sp³-hybridized carbons (Fsp3) is 0.333. The van der Waals surface area contributed by atoms with E-state index >= 15 is 0 Å². The number of rotatable bonds is 6. The third kappa shape index (κ3) is 3.65. The maximum atomic E-state index is 12.3. The van der Waals surface area contributed by atoms with Crippen LogP contribution in [0.3, 0.4) is 0 Å². The van der Waals surface area contributed by atoms with Crippen molar-refractivity contribution in [1.82, 2.24) is 30.2 Å². The number of hydrogen-bond donors (Lipinski definition) is 2. The van der Waals surface area contributed by atoms with Crippen molar-refractivity contribution >= 4 is 15.9 Å². The maximum Gasteiger partial charge on any atom is 0.241 e. The lowest BCUT2D eigenvalue weighted by Gasteiger charge is -2.14. The lowest BCUT2D eigenvalue weighted by Crippen LogP contribution is -2.44. The molecule has 0 spiro atoms. The number of sulfonamides is 1. The summed E-state index contributed by atoms with van der Waals surface area (Å²) in [6.07, 6.45) is 1.36. The van der Waals surface area contributed by atoms with Gasteiger partial charge in [0.25, 0.3) is 0 Å². The van der Waals surface area contributed by atoms with Crippen molar-refractivity contribution in [2.24, 2.45) is 0 Å². The Morgan fingerprint density at radius 3 is 2.82 bits per heavy atom. The Morgan fingerprint density at radius 2 is 2.18 bits per heavy atom. The van der Waals surface area contributed by atoms with Gasteiger partial charge in [-0.25, -0.2) is 13.1 Å².